The van der Waals surface area contributed by atoms with E-state index in [1.165, 1.54) is 12.1 Å². The molecule has 0 fully saturated rings. The van der Waals surface area contributed by atoms with Crippen LogP contribution in [0.4, 0.5) is 14.9 Å². The highest BCUT2D eigenvalue weighted by Crippen LogP contribution is 2.44. The molecule has 4 rings (SSSR count). The van der Waals surface area contributed by atoms with E-state index in [1.54, 1.807) is 6.92 Å². The van der Waals surface area contributed by atoms with Crippen molar-refractivity contribution in [2.24, 2.45) is 0 Å². The summed E-state index contributed by atoms with van der Waals surface area (Å²) in [7, 11) is 0. The van der Waals surface area contributed by atoms with Gasteiger partial charge in [-0.05, 0) is 40.8 Å². The number of fused-ring (bicyclic) bond motifs is 3. The van der Waals surface area contributed by atoms with Crippen LogP contribution < -0.4 is 10.6 Å². The van der Waals surface area contributed by atoms with Crippen molar-refractivity contribution in [3.8, 4) is 11.1 Å². The number of amides is 2. The number of carboxylic acid groups (broad SMARTS) is 1. The second kappa shape index (κ2) is 9.74. The van der Waals surface area contributed by atoms with E-state index < -0.39 is 35.5 Å². The fourth-order valence-corrected chi connectivity index (χ4v) is 4.18. The summed E-state index contributed by atoms with van der Waals surface area (Å²) in [6.45, 7) is 1.74. The minimum atomic E-state index is -1.38. The molecule has 0 heterocycles. The predicted molar refractivity (Wildman–Crippen MR) is 124 cm³/mol. The maximum absolute atomic E-state index is 14.1. The van der Waals surface area contributed by atoms with Crippen molar-refractivity contribution in [2.45, 2.75) is 25.3 Å². The van der Waals surface area contributed by atoms with Crippen LogP contribution in [0.2, 0.25) is 0 Å². The summed E-state index contributed by atoms with van der Waals surface area (Å²) in [4.78, 5) is 36.5. The van der Waals surface area contributed by atoms with E-state index in [-0.39, 0.29) is 24.5 Å². The molecule has 2 amide bonds. The van der Waals surface area contributed by atoms with Crippen molar-refractivity contribution >= 4 is 23.7 Å². The molecule has 1 aliphatic rings. The zero-order valence-corrected chi connectivity index (χ0v) is 18.4. The van der Waals surface area contributed by atoms with Crippen molar-refractivity contribution in [3.63, 3.8) is 0 Å². The minimum Gasteiger partial charge on any atom is -0.478 e. The first-order valence-electron chi connectivity index (χ1n) is 10.8. The van der Waals surface area contributed by atoms with Crippen LogP contribution in [0.5, 0.6) is 0 Å². The average molecular weight is 462 g/mol. The van der Waals surface area contributed by atoms with Gasteiger partial charge in [0.15, 0.2) is 0 Å². The quantitative estimate of drug-likeness (QED) is 0.469. The second-order valence-electron chi connectivity index (χ2n) is 7.89. The number of ether oxygens (including phenoxy) is 1. The van der Waals surface area contributed by atoms with E-state index >= 15 is 0 Å². The Morgan fingerprint density at radius 1 is 0.971 bits per heavy atom. The second-order valence-corrected chi connectivity index (χ2v) is 7.89. The summed E-state index contributed by atoms with van der Waals surface area (Å²) in [5.74, 6) is -3.15. The van der Waals surface area contributed by atoms with Crippen LogP contribution in [-0.2, 0) is 9.53 Å². The monoisotopic (exact) mass is 462 g/mol. The molecular formula is C26H23FN2O5. The zero-order chi connectivity index (χ0) is 24.2. The molecule has 7 nitrogen and oxygen atoms in total. The minimum absolute atomic E-state index is 0.0778. The van der Waals surface area contributed by atoms with Crippen molar-refractivity contribution in [2.75, 3.05) is 11.9 Å². The molecule has 0 radical (unpaired) electrons. The molecule has 0 aliphatic heterocycles. The molecule has 0 spiro atoms. The van der Waals surface area contributed by atoms with Gasteiger partial charge in [-0.25, -0.2) is 14.0 Å². The van der Waals surface area contributed by atoms with Gasteiger partial charge >= 0.3 is 12.1 Å². The summed E-state index contributed by atoms with van der Waals surface area (Å²) in [5, 5.41) is 14.0. The number of hydrogen-bond donors (Lipinski definition) is 3. The fraction of sp³-hybridized carbons (Fsp3) is 0.192. The number of carbonyl (C=O) groups excluding carboxylic acids is 2. The molecule has 8 heteroatoms. The number of carbonyl (C=O) groups is 3. The molecule has 1 aliphatic carbocycles. The van der Waals surface area contributed by atoms with Crippen LogP contribution in [-0.4, -0.2) is 35.7 Å². The number of halogens is 1. The van der Waals surface area contributed by atoms with Crippen LogP contribution in [0.15, 0.2) is 66.7 Å². The summed E-state index contributed by atoms with van der Waals surface area (Å²) in [6.07, 6.45) is -0.608. The van der Waals surface area contributed by atoms with Crippen LogP contribution in [0, 0.1) is 5.82 Å². The highest BCUT2D eigenvalue weighted by molar-refractivity contribution is 6.03. The first-order valence-corrected chi connectivity index (χ1v) is 10.8. The van der Waals surface area contributed by atoms with E-state index in [9.17, 15) is 23.9 Å². The number of hydrogen-bond acceptors (Lipinski definition) is 4. The van der Waals surface area contributed by atoms with Gasteiger partial charge in [0.25, 0.3) is 0 Å². The molecule has 0 saturated carbocycles. The largest absolute Gasteiger partial charge is 0.478 e. The number of para-hydroxylation sites is 1. The van der Waals surface area contributed by atoms with Gasteiger partial charge in [-0.2, -0.15) is 0 Å². The molecule has 3 N–H and O–H groups in total. The Kier molecular flexibility index (Phi) is 6.58. The number of carboxylic acids is 1. The van der Waals surface area contributed by atoms with Crippen molar-refractivity contribution < 1.29 is 28.6 Å². The number of alkyl carbamates (subject to hydrolysis) is 1. The van der Waals surface area contributed by atoms with Gasteiger partial charge in [0.1, 0.15) is 18.5 Å². The van der Waals surface area contributed by atoms with Crippen molar-refractivity contribution in [1.82, 2.24) is 5.32 Å². The van der Waals surface area contributed by atoms with Gasteiger partial charge in [-0.15, -0.1) is 0 Å². The van der Waals surface area contributed by atoms with Crippen LogP contribution in [0.3, 0.4) is 0 Å². The zero-order valence-electron chi connectivity index (χ0n) is 18.4. The number of rotatable bonds is 7. The normalized spacial score (nSPS) is 12.9. The maximum atomic E-state index is 14.1. The molecule has 0 saturated heterocycles. The molecule has 174 valence electrons. The SMILES string of the molecule is CC[C@@H](NC(=O)OCC1c2ccccc2-c2ccccc21)C(=O)Nc1c(F)cccc1C(=O)O. The van der Waals surface area contributed by atoms with Crippen LogP contribution in [0.25, 0.3) is 11.1 Å². The van der Waals surface area contributed by atoms with Crippen LogP contribution >= 0.6 is 0 Å². The molecular weight excluding hydrogens is 439 g/mol. The molecule has 3 aromatic rings. The highest BCUT2D eigenvalue weighted by atomic mass is 19.1. The lowest BCUT2D eigenvalue weighted by atomic mass is 9.98. The number of nitrogens with one attached hydrogen (secondary N) is 2. The molecule has 1 atom stereocenters. The third kappa shape index (κ3) is 4.47. The average Bonchev–Trinajstić information content (AvgIpc) is 3.16. The lowest BCUT2D eigenvalue weighted by molar-refractivity contribution is -0.118. The summed E-state index contributed by atoms with van der Waals surface area (Å²) in [6, 6.07) is 18.3. The standard InChI is InChI=1S/C26H23FN2O5/c1-2-22(24(30)29-23-19(25(31)32)12-7-13-21(23)27)28-26(33)34-14-20-17-10-5-3-8-15(17)16-9-4-6-11-18(16)20/h3-13,20,22H,2,14H2,1H3,(H,28,33)(H,29,30)(H,31,32)/t22-/m1/s1. The third-order valence-electron chi connectivity index (χ3n) is 5.85. The van der Waals surface area contributed by atoms with Gasteiger partial charge in [0, 0.05) is 5.92 Å². The molecule has 3 aromatic carbocycles. The Hall–Kier alpha value is -4.20. The predicted octanol–water partition coefficient (Wildman–Crippen LogP) is 4.78. The topological polar surface area (TPSA) is 105 Å². The molecule has 34 heavy (non-hydrogen) atoms. The van der Waals surface area contributed by atoms with E-state index in [0.29, 0.717) is 0 Å². The summed E-state index contributed by atoms with van der Waals surface area (Å²) >= 11 is 0. The Bertz CT molecular complexity index is 1210. The number of aromatic carboxylic acids is 1. The van der Waals surface area contributed by atoms with Gasteiger partial charge in [-0.3, -0.25) is 4.79 Å². The van der Waals surface area contributed by atoms with Gasteiger partial charge < -0.3 is 20.5 Å². The highest BCUT2D eigenvalue weighted by Gasteiger charge is 2.30. The van der Waals surface area contributed by atoms with Crippen LogP contribution in [0.1, 0.15) is 40.7 Å². The van der Waals surface area contributed by atoms with E-state index in [4.69, 9.17) is 4.74 Å². The smallest absolute Gasteiger partial charge is 0.407 e. The van der Waals surface area contributed by atoms with Gasteiger partial charge in [0.2, 0.25) is 5.91 Å². The first kappa shape index (κ1) is 23.0. The maximum Gasteiger partial charge on any atom is 0.407 e. The molecule has 0 bridgehead atoms. The van der Waals surface area contributed by atoms with Gasteiger partial charge in [0.05, 0.1) is 11.3 Å². The fourth-order valence-electron chi connectivity index (χ4n) is 4.18. The van der Waals surface area contributed by atoms with E-state index in [2.05, 4.69) is 10.6 Å². The molecule has 0 aromatic heterocycles. The lowest BCUT2D eigenvalue weighted by Crippen LogP contribution is -2.44. The summed E-state index contributed by atoms with van der Waals surface area (Å²) < 4.78 is 19.6. The Labute approximate surface area is 195 Å². The Morgan fingerprint density at radius 3 is 2.18 bits per heavy atom. The number of anilines is 1. The number of benzene rings is 3. The lowest BCUT2D eigenvalue weighted by Gasteiger charge is -2.19. The van der Waals surface area contributed by atoms with Crippen molar-refractivity contribution in [1.29, 1.82) is 0 Å². The first-order chi connectivity index (χ1) is 16.4. The third-order valence-corrected chi connectivity index (χ3v) is 5.85. The summed E-state index contributed by atoms with van der Waals surface area (Å²) in [5.41, 5.74) is 3.47. The van der Waals surface area contributed by atoms with E-state index in [0.717, 1.165) is 28.3 Å². The molecule has 0 unspecified atom stereocenters. The Balaban J connectivity index is 1.42. The van der Waals surface area contributed by atoms with Crippen molar-refractivity contribution in [3.05, 3.63) is 89.2 Å². The van der Waals surface area contributed by atoms with E-state index in [1.807, 2.05) is 48.5 Å². The van der Waals surface area contributed by atoms with Gasteiger partial charge in [-0.1, -0.05) is 61.5 Å². The Morgan fingerprint density at radius 2 is 1.59 bits per heavy atom.